The van der Waals surface area contributed by atoms with E-state index in [9.17, 15) is 0 Å². The van der Waals surface area contributed by atoms with E-state index in [1.54, 1.807) is 14.2 Å². The Morgan fingerprint density at radius 3 is 2.89 bits per heavy atom. The Kier molecular flexibility index (Phi) is 9.42. The summed E-state index contributed by atoms with van der Waals surface area (Å²) in [5, 5.41) is 3.43. The van der Waals surface area contributed by atoms with Crippen LogP contribution in [0, 0.1) is 12.8 Å². The lowest BCUT2D eigenvalue weighted by atomic mass is 10.1. The van der Waals surface area contributed by atoms with E-state index in [-0.39, 0.29) is 0 Å². The number of aryl methyl sites for hydroxylation is 1. The first-order valence-electron chi connectivity index (χ1n) is 9.91. The molecule has 6 heteroatoms. The molecule has 0 bridgehead atoms. The number of hydrogen-bond acceptors (Lipinski definition) is 4. The number of likely N-dealkylation sites (tertiary alicyclic amines) is 1. The van der Waals surface area contributed by atoms with Gasteiger partial charge in [0.15, 0.2) is 5.96 Å². The molecule has 1 unspecified atom stereocenters. The smallest absolute Gasteiger partial charge is 0.193 e. The van der Waals surface area contributed by atoms with Crippen molar-refractivity contribution in [1.82, 2.24) is 10.2 Å². The van der Waals surface area contributed by atoms with E-state index in [0.717, 1.165) is 57.3 Å². The van der Waals surface area contributed by atoms with Gasteiger partial charge >= 0.3 is 0 Å². The van der Waals surface area contributed by atoms with Crippen LogP contribution in [0.15, 0.2) is 23.2 Å². The Labute approximate surface area is 163 Å². The van der Waals surface area contributed by atoms with Crippen molar-refractivity contribution in [2.24, 2.45) is 10.9 Å². The van der Waals surface area contributed by atoms with Gasteiger partial charge in [0.2, 0.25) is 0 Å². The number of ether oxygens (including phenoxy) is 3. The highest BCUT2D eigenvalue weighted by molar-refractivity contribution is 5.80. The number of nitrogens with one attached hydrogen (secondary N) is 1. The first kappa shape index (κ1) is 21.5. The summed E-state index contributed by atoms with van der Waals surface area (Å²) in [5.41, 5.74) is 2.46. The summed E-state index contributed by atoms with van der Waals surface area (Å²) in [6.07, 6.45) is 2.01. The zero-order valence-electron chi connectivity index (χ0n) is 17.3. The Morgan fingerprint density at radius 1 is 1.30 bits per heavy atom. The molecular weight excluding hydrogens is 342 g/mol. The van der Waals surface area contributed by atoms with Crippen molar-refractivity contribution in [3.05, 3.63) is 29.3 Å². The summed E-state index contributed by atoms with van der Waals surface area (Å²) in [6.45, 7) is 9.97. The van der Waals surface area contributed by atoms with Gasteiger partial charge < -0.3 is 24.4 Å². The maximum Gasteiger partial charge on any atom is 0.193 e. The molecule has 1 fully saturated rings. The van der Waals surface area contributed by atoms with Gasteiger partial charge in [-0.05, 0) is 38.3 Å². The van der Waals surface area contributed by atoms with Crippen molar-refractivity contribution in [2.45, 2.75) is 26.7 Å². The molecule has 1 heterocycles. The molecule has 0 saturated carbocycles. The van der Waals surface area contributed by atoms with E-state index in [4.69, 9.17) is 19.2 Å². The fourth-order valence-corrected chi connectivity index (χ4v) is 3.36. The summed E-state index contributed by atoms with van der Waals surface area (Å²) in [5.74, 6) is 2.50. The molecule has 1 aromatic carbocycles. The van der Waals surface area contributed by atoms with E-state index in [2.05, 4.69) is 36.2 Å². The van der Waals surface area contributed by atoms with Crippen LogP contribution in [0.4, 0.5) is 0 Å². The van der Waals surface area contributed by atoms with Crippen molar-refractivity contribution >= 4 is 5.96 Å². The Morgan fingerprint density at radius 2 is 2.15 bits per heavy atom. The standard InChI is InChI=1S/C21H35N3O3/c1-5-22-21(24-11-9-18(15-24)16-27-13-12-25-3)23-10-8-19-14-17(2)6-7-20(19)26-4/h6-7,14,18H,5,8-13,15-16H2,1-4H3,(H,22,23). The summed E-state index contributed by atoms with van der Waals surface area (Å²) < 4.78 is 16.2. The maximum atomic E-state index is 5.70. The molecule has 27 heavy (non-hydrogen) atoms. The van der Waals surface area contributed by atoms with Crippen LogP contribution in [-0.4, -0.2) is 71.1 Å². The number of nitrogens with zero attached hydrogens (tertiary/aromatic N) is 2. The van der Waals surface area contributed by atoms with Gasteiger partial charge in [-0.25, -0.2) is 0 Å². The highest BCUT2D eigenvalue weighted by atomic mass is 16.5. The molecule has 0 spiro atoms. The predicted octanol–water partition coefficient (Wildman–Crippen LogP) is 2.50. The molecule has 1 aromatic rings. The number of rotatable bonds is 10. The molecule has 1 N–H and O–H groups in total. The molecule has 0 aromatic heterocycles. The fourth-order valence-electron chi connectivity index (χ4n) is 3.36. The second-order valence-corrected chi connectivity index (χ2v) is 6.97. The summed E-state index contributed by atoms with van der Waals surface area (Å²) in [4.78, 5) is 7.20. The Bertz CT molecular complexity index is 592. The van der Waals surface area contributed by atoms with Crippen LogP contribution in [0.5, 0.6) is 5.75 Å². The topological polar surface area (TPSA) is 55.3 Å². The van der Waals surface area contributed by atoms with Gasteiger partial charge in [0.25, 0.3) is 0 Å². The SMILES string of the molecule is CCNC(=NCCc1cc(C)ccc1OC)N1CCC(COCCOC)C1. The molecular formula is C21H35N3O3. The van der Waals surface area contributed by atoms with Crippen LogP contribution in [0.1, 0.15) is 24.5 Å². The quantitative estimate of drug-likeness (QED) is 0.386. The van der Waals surface area contributed by atoms with Gasteiger partial charge in [0, 0.05) is 39.2 Å². The first-order valence-corrected chi connectivity index (χ1v) is 9.91. The zero-order chi connectivity index (χ0) is 19.5. The van der Waals surface area contributed by atoms with Crippen LogP contribution in [-0.2, 0) is 15.9 Å². The average molecular weight is 378 g/mol. The monoisotopic (exact) mass is 377 g/mol. The lowest BCUT2D eigenvalue weighted by molar-refractivity contribution is 0.0536. The van der Waals surface area contributed by atoms with Gasteiger partial charge in [-0.2, -0.15) is 0 Å². The Balaban J connectivity index is 1.88. The molecule has 0 amide bonds. The van der Waals surface area contributed by atoms with Gasteiger partial charge in [0.05, 0.1) is 26.9 Å². The Hall–Kier alpha value is -1.79. The van der Waals surface area contributed by atoms with Crippen LogP contribution in [0.3, 0.4) is 0 Å². The second-order valence-electron chi connectivity index (χ2n) is 6.97. The van der Waals surface area contributed by atoms with E-state index >= 15 is 0 Å². The highest BCUT2D eigenvalue weighted by Gasteiger charge is 2.24. The highest BCUT2D eigenvalue weighted by Crippen LogP contribution is 2.20. The lowest BCUT2D eigenvalue weighted by Gasteiger charge is -2.22. The largest absolute Gasteiger partial charge is 0.496 e. The van der Waals surface area contributed by atoms with Crippen LogP contribution in [0.25, 0.3) is 0 Å². The van der Waals surface area contributed by atoms with Crippen molar-refractivity contribution in [1.29, 1.82) is 0 Å². The lowest BCUT2D eigenvalue weighted by Crippen LogP contribution is -2.40. The third-order valence-corrected chi connectivity index (χ3v) is 4.78. The third kappa shape index (κ3) is 7.03. The van der Waals surface area contributed by atoms with Gasteiger partial charge in [-0.3, -0.25) is 4.99 Å². The maximum absolute atomic E-state index is 5.70. The third-order valence-electron chi connectivity index (χ3n) is 4.78. The molecule has 0 aliphatic carbocycles. The molecule has 1 aliphatic heterocycles. The molecule has 2 rings (SSSR count). The van der Waals surface area contributed by atoms with Crippen LogP contribution >= 0.6 is 0 Å². The number of methoxy groups -OCH3 is 2. The zero-order valence-corrected chi connectivity index (χ0v) is 17.3. The van der Waals surface area contributed by atoms with Crippen LogP contribution < -0.4 is 10.1 Å². The molecule has 0 radical (unpaired) electrons. The average Bonchev–Trinajstić information content (AvgIpc) is 3.13. The summed E-state index contributed by atoms with van der Waals surface area (Å²) in [6, 6.07) is 6.30. The molecule has 6 nitrogen and oxygen atoms in total. The summed E-state index contributed by atoms with van der Waals surface area (Å²) >= 11 is 0. The number of aliphatic imine (C=N–C) groups is 1. The minimum atomic E-state index is 0.558. The first-order chi connectivity index (χ1) is 13.2. The van der Waals surface area contributed by atoms with E-state index in [0.29, 0.717) is 19.1 Å². The number of hydrogen-bond donors (Lipinski definition) is 1. The minimum absolute atomic E-state index is 0.558. The minimum Gasteiger partial charge on any atom is -0.496 e. The van der Waals surface area contributed by atoms with Gasteiger partial charge in [0.1, 0.15) is 5.75 Å². The van der Waals surface area contributed by atoms with Gasteiger partial charge in [-0.15, -0.1) is 0 Å². The number of benzene rings is 1. The molecule has 1 aliphatic rings. The van der Waals surface area contributed by atoms with E-state index < -0.39 is 0 Å². The van der Waals surface area contributed by atoms with Crippen molar-refractivity contribution in [3.8, 4) is 5.75 Å². The normalized spacial score (nSPS) is 17.4. The van der Waals surface area contributed by atoms with Crippen molar-refractivity contribution in [2.75, 3.05) is 60.2 Å². The van der Waals surface area contributed by atoms with E-state index in [1.165, 1.54) is 11.1 Å². The van der Waals surface area contributed by atoms with Crippen molar-refractivity contribution in [3.63, 3.8) is 0 Å². The summed E-state index contributed by atoms with van der Waals surface area (Å²) in [7, 11) is 3.42. The molecule has 1 saturated heterocycles. The predicted molar refractivity (Wildman–Crippen MR) is 110 cm³/mol. The molecule has 1 atom stereocenters. The van der Waals surface area contributed by atoms with E-state index in [1.807, 2.05) is 6.07 Å². The second kappa shape index (κ2) is 11.8. The molecule has 152 valence electrons. The number of guanidine groups is 1. The van der Waals surface area contributed by atoms with Crippen molar-refractivity contribution < 1.29 is 14.2 Å². The van der Waals surface area contributed by atoms with Crippen LogP contribution in [0.2, 0.25) is 0 Å². The fraction of sp³-hybridized carbons (Fsp3) is 0.667. The van der Waals surface area contributed by atoms with Gasteiger partial charge in [-0.1, -0.05) is 17.7 Å².